The summed E-state index contributed by atoms with van der Waals surface area (Å²) in [5, 5.41) is 3.20. The van der Waals surface area contributed by atoms with Crippen molar-refractivity contribution in [3.8, 4) is 0 Å². The predicted molar refractivity (Wildman–Crippen MR) is 87.6 cm³/mol. The molecule has 2 rings (SSSR count). The summed E-state index contributed by atoms with van der Waals surface area (Å²) in [4.78, 5) is 14.2. The summed E-state index contributed by atoms with van der Waals surface area (Å²) in [6.45, 7) is 3.91. The zero-order valence-electron chi connectivity index (χ0n) is 12.7. The van der Waals surface area contributed by atoms with E-state index in [4.69, 9.17) is 0 Å². The Labute approximate surface area is 137 Å². The normalized spacial score (nSPS) is 18.9. The zero-order chi connectivity index (χ0) is 15.5. The zero-order valence-corrected chi connectivity index (χ0v) is 14.4. The molecule has 0 aliphatic carbocycles. The van der Waals surface area contributed by atoms with Gasteiger partial charge in [-0.1, -0.05) is 18.2 Å². The van der Waals surface area contributed by atoms with Crippen molar-refractivity contribution in [2.24, 2.45) is 0 Å². The third kappa shape index (κ3) is 4.19. The van der Waals surface area contributed by atoms with E-state index in [1.807, 2.05) is 6.92 Å². The highest BCUT2D eigenvalue weighted by Crippen LogP contribution is 2.14. The van der Waals surface area contributed by atoms with Gasteiger partial charge in [0.15, 0.2) is 0 Å². The van der Waals surface area contributed by atoms with Crippen LogP contribution in [-0.4, -0.2) is 62.8 Å². The van der Waals surface area contributed by atoms with Crippen molar-refractivity contribution < 1.29 is 13.2 Å². The average Bonchev–Trinajstić information content (AvgIpc) is 2.48. The van der Waals surface area contributed by atoms with Gasteiger partial charge in [-0.2, -0.15) is 4.31 Å². The van der Waals surface area contributed by atoms with Crippen molar-refractivity contribution in [3.63, 3.8) is 0 Å². The molecule has 1 aromatic rings. The lowest BCUT2D eigenvalue weighted by molar-refractivity contribution is -0.133. The second-order valence-corrected chi connectivity index (χ2v) is 7.26. The molecule has 1 unspecified atom stereocenters. The van der Waals surface area contributed by atoms with Gasteiger partial charge < -0.3 is 10.2 Å². The van der Waals surface area contributed by atoms with Crippen LogP contribution in [0.4, 0.5) is 0 Å². The van der Waals surface area contributed by atoms with E-state index in [2.05, 4.69) is 5.32 Å². The molecule has 1 aromatic carbocycles. The molecule has 6 nitrogen and oxygen atoms in total. The first kappa shape index (κ1) is 18.9. The van der Waals surface area contributed by atoms with E-state index in [-0.39, 0.29) is 35.8 Å². The Bertz CT molecular complexity index is 595. The molecule has 0 spiro atoms. The lowest BCUT2D eigenvalue weighted by Gasteiger charge is -2.34. The van der Waals surface area contributed by atoms with Gasteiger partial charge in [0, 0.05) is 32.7 Å². The summed E-state index contributed by atoms with van der Waals surface area (Å²) in [6.07, 6.45) is 0. The molecule has 0 radical (unpaired) electrons. The van der Waals surface area contributed by atoms with Crippen LogP contribution in [0.25, 0.3) is 0 Å². The van der Waals surface area contributed by atoms with E-state index in [1.165, 1.54) is 19.2 Å². The maximum Gasteiger partial charge on any atom is 0.243 e. The van der Waals surface area contributed by atoms with Gasteiger partial charge >= 0.3 is 0 Å². The second kappa shape index (κ2) is 7.92. The van der Waals surface area contributed by atoms with E-state index in [0.717, 1.165) is 17.4 Å². The monoisotopic (exact) mass is 347 g/mol. The average molecular weight is 348 g/mol. The SMILES string of the molecule is CC1CNCCN1C(=O)CN(C)S(=O)(=O)c1ccccc1.Cl. The van der Waals surface area contributed by atoms with Crippen LogP contribution < -0.4 is 5.32 Å². The topological polar surface area (TPSA) is 69.7 Å². The summed E-state index contributed by atoms with van der Waals surface area (Å²) < 4.78 is 25.9. The fourth-order valence-corrected chi connectivity index (χ4v) is 3.49. The third-order valence-electron chi connectivity index (χ3n) is 3.63. The summed E-state index contributed by atoms with van der Waals surface area (Å²) >= 11 is 0. The van der Waals surface area contributed by atoms with Gasteiger partial charge in [-0.15, -0.1) is 12.4 Å². The van der Waals surface area contributed by atoms with Crippen LogP contribution in [0.5, 0.6) is 0 Å². The van der Waals surface area contributed by atoms with Crippen molar-refractivity contribution in [3.05, 3.63) is 30.3 Å². The molecule has 1 amide bonds. The fourth-order valence-electron chi connectivity index (χ4n) is 2.35. The van der Waals surface area contributed by atoms with Crippen LogP contribution >= 0.6 is 12.4 Å². The first-order valence-corrected chi connectivity index (χ1v) is 8.38. The molecule has 8 heteroatoms. The number of piperazine rings is 1. The standard InChI is InChI=1S/C14H21N3O3S.ClH/c1-12-10-15-8-9-17(12)14(18)11-16(2)21(19,20)13-6-4-3-5-7-13;/h3-7,12,15H,8-11H2,1-2H3;1H. The summed E-state index contributed by atoms with van der Waals surface area (Å²) in [5.41, 5.74) is 0. The van der Waals surface area contributed by atoms with Gasteiger partial charge in [-0.3, -0.25) is 4.79 Å². The molecular formula is C14H22ClN3O3S. The van der Waals surface area contributed by atoms with E-state index < -0.39 is 10.0 Å². The van der Waals surface area contributed by atoms with Gasteiger partial charge in [0.1, 0.15) is 0 Å². The van der Waals surface area contributed by atoms with Crippen LogP contribution in [0.15, 0.2) is 35.2 Å². The molecule has 22 heavy (non-hydrogen) atoms. The number of hydrogen-bond acceptors (Lipinski definition) is 4. The highest BCUT2D eigenvalue weighted by Gasteiger charge is 2.28. The molecular weight excluding hydrogens is 326 g/mol. The molecule has 1 atom stereocenters. The minimum absolute atomic E-state index is 0. The first-order valence-electron chi connectivity index (χ1n) is 6.94. The van der Waals surface area contributed by atoms with E-state index in [9.17, 15) is 13.2 Å². The van der Waals surface area contributed by atoms with E-state index >= 15 is 0 Å². The minimum Gasteiger partial charge on any atom is -0.336 e. The number of carbonyl (C=O) groups excluding carboxylic acids is 1. The first-order chi connectivity index (χ1) is 9.93. The van der Waals surface area contributed by atoms with Crippen LogP contribution in [-0.2, 0) is 14.8 Å². The maximum absolute atomic E-state index is 12.4. The van der Waals surface area contributed by atoms with E-state index in [0.29, 0.717) is 6.54 Å². The molecule has 0 saturated carbocycles. The minimum atomic E-state index is -3.62. The van der Waals surface area contributed by atoms with Gasteiger partial charge in [-0.25, -0.2) is 8.42 Å². The highest BCUT2D eigenvalue weighted by atomic mass is 35.5. The predicted octanol–water partition coefficient (Wildman–Crippen LogP) is 0.549. The van der Waals surface area contributed by atoms with Crippen molar-refractivity contribution in [2.75, 3.05) is 33.2 Å². The number of sulfonamides is 1. The molecule has 0 bridgehead atoms. The van der Waals surface area contributed by atoms with Gasteiger partial charge in [0.05, 0.1) is 11.4 Å². The van der Waals surface area contributed by atoms with Crippen LogP contribution in [0, 0.1) is 0 Å². The van der Waals surface area contributed by atoms with Crippen molar-refractivity contribution >= 4 is 28.3 Å². The highest BCUT2D eigenvalue weighted by molar-refractivity contribution is 7.89. The van der Waals surface area contributed by atoms with Crippen molar-refractivity contribution in [1.29, 1.82) is 0 Å². The third-order valence-corrected chi connectivity index (χ3v) is 5.45. The number of hydrogen-bond donors (Lipinski definition) is 1. The smallest absolute Gasteiger partial charge is 0.243 e. The van der Waals surface area contributed by atoms with Crippen LogP contribution in [0.3, 0.4) is 0 Å². The summed E-state index contributed by atoms with van der Waals surface area (Å²) in [7, 11) is -2.18. The number of rotatable bonds is 4. The van der Waals surface area contributed by atoms with Gasteiger partial charge in [0.2, 0.25) is 15.9 Å². The number of amides is 1. The molecule has 1 aliphatic heterocycles. The molecule has 0 aromatic heterocycles. The molecule has 1 fully saturated rings. The lowest BCUT2D eigenvalue weighted by atomic mass is 10.2. The van der Waals surface area contributed by atoms with Crippen LogP contribution in [0.1, 0.15) is 6.92 Å². The summed E-state index contributed by atoms with van der Waals surface area (Å²) in [5.74, 6) is -0.161. The van der Waals surface area contributed by atoms with Crippen molar-refractivity contribution in [1.82, 2.24) is 14.5 Å². The van der Waals surface area contributed by atoms with E-state index in [1.54, 1.807) is 23.1 Å². The fraction of sp³-hybridized carbons (Fsp3) is 0.500. The molecule has 124 valence electrons. The second-order valence-electron chi connectivity index (χ2n) is 5.21. The molecule has 1 heterocycles. The number of halogens is 1. The molecule has 1 saturated heterocycles. The largest absolute Gasteiger partial charge is 0.336 e. The Hall–Kier alpha value is -1.15. The Balaban J connectivity index is 0.00000242. The quantitative estimate of drug-likeness (QED) is 0.863. The van der Waals surface area contributed by atoms with Crippen LogP contribution in [0.2, 0.25) is 0 Å². The van der Waals surface area contributed by atoms with Gasteiger partial charge in [0.25, 0.3) is 0 Å². The van der Waals surface area contributed by atoms with Crippen molar-refractivity contribution in [2.45, 2.75) is 17.9 Å². The number of benzene rings is 1. The Kier molecular flexibility index (Phi) is 6.80. The molecule has 1 aliphatic rings. The maximum atomic E-state index is 12.4. The molecule has 1 N–H and O–H groups in total. The Morgan fingerprint density at radius 2 is 2.00 bits per heavy atom. The Morgan fingerprint density at radius 1 is 1.36 bits per heavy atom. The number of nitrogens with one attached hydrogen (secondary N) is 1. The Morgan fingerprint density at radius 3 is 2.59 bits per heavy atom. The number of carbonyl (C=O) groups is 1. The lowest BCUT2D eigenvalue weighted by Crippen LogP contribution is -2.54. The van der Waals surface area contributed by atoms with Gasteiger partial charge in [-0.05, 0) is 19.1 Å². The summed E-state index contributed by atoms with van der Waals surface area (Å²) in [6, 6.07) is 8.24. The number of likely N-dealkylation sites (N-methyl/N-ethyl adjacent to an activating group) is 1. The number of nitrogens with zero attached hydrogens (tertiary/aromatic N) is 2.